The van der Waals surface area contributed by atoms with Crippen LogP contribution in [0, 0.1) is 6.92 Å². The minimum absolute atomic E-state index is 0.289. The molecule has 2 rings (SSSR count). The second-order valence-electron chi connectivity index (χ2n) is 5.11. The van der Waals surface area contributed by atoms with Crippen LogP contribution < -0.4 is 5.73 Å². The molecule has 1 heterocycles. The van der Waals surface area contributed by atoms with Crippen LogP contribution in [0.5, 0.6) is 0 Å². The minimum atomic E-state index is -3.43. The van der Waals surface area contributed by atoms with Gasteiger partial charge in [-0.2, -0.15) is 16.1 Å². The summed E-state index contributed by atoms with van der Waals surface area (Å²) in [6, 6.07) is 4.95. The summed E-state index contributed by atoms with van der Waals surface area (Å²) in [5.74, 6) is 0.849. The summed E-state index contributed by atoms with van der Waals surface area (Å²) in [7, 11) is -3.43. The molecule has 116 valence electrons. The molecular weight excluding hydrogens is 324 g/mol. The number of rotatable bonds is 4. The van der Waals surface area contributed by atoms with Gasteiger partial charge in [-0.1, -0.05) is 25.2 Å². The van der Waals surface area contributed by atoms with Crippen molar-refractivity contribution in [3.05, 3.63) is 29.3 Å². The monoisotopic (exact) mass is 344 g/mol. The molecule has 1 aromatic carbocycles. The van der Waals surface area contributed by atoms with Crippen molar-refractivity contribution in [3.63, 3.8) is 0 Å². The van der Waals surface area contributed by atoms with Crippen LogP contribution in [-0.2, 0) is 10.0 Å². The van der Waals surface area contributed by atoms with Gasteiger partial charge >= 0.3 is 0 Å². The van der Waals surface area contributed by atoms with E-state index in [-0.39, 0.29) is 4.99 Å². The highest BCUT2D eigenvalue weighted by Crippen LogP contribution is 2.27. The first kappa shape index (κ1) is 16.7. The molecule has 1 saturated heterocycles. The molecule has 0 bridgehead atoms. The Hall–Kier alpha value is -0.630. The van der Waals surface area contributed by atoms with E-state index in [4.69, 9.17) is 18.0 Å². The van der Waals surface area contributed by atoms with E-state index in [2.05, 4.69) is 6.92 Å². The highest BCUT2D eigenvalue weighted by molar-refractivity contribution is 8.00. The number of sulfonamides is 1. The fraction of sp³-hybridized carbons (Fsp3) is 0.500. The fourth-order valence-corrected chi connectivity index (χ4v) is 5.57. The Morgan fingerprint density at radius 1 is 1.52 bits per heavy atom. The van der Waals surface area contributed by atoms with Gasteiger partial charge in [-0.3, -0.25) is 0 Å². The molecule has 0 amide bonds. The van der Waals surface area contributed by atoms with Crippen molar-refractivity contribution < 1.29 is 8.42 Å². The van der Waals surface area contributed by atoms with Crippen molar-refractivity contribution in [2.75, 3.05) is 18.8 Å². The van der Waals surface area contributed by atoms with Crippen molar-refractivity contribution >= 4 is 39.0 Å². The summed E-state index contributed by atoms with van der Waals surface area (Å²) >= 11 is 6.81. The first-order chi connectivity index (χ1) is 9.86. The van der Waals surface area contributed by atoms with Gasteiger partial charge < -0.3 is 5.73 Å². The molecule has 1 unspecified atom stereocenters. The molecule has 0 spiro atoms. The van der Waals surface area contributed by atoms with Gasteiger partial charge in [0.2, 0.25) is 10.0 Å². The summed E-state index contributed by atoms with van der Waals surface area (Å²) in [4.78, 5) is 0.610. The van der Waals surface area contributed by atoms with Crippen LogP contribution in [-0.4, -0.2) is 41.8 Å². The normalized spacial score (nSPS) is 20.4. The number of aryl methyl sites for hydroxylation is 1. The van der Waals surface area contributed by atoms with E-state index in [0.29, 0.717) is 23.2 Å². The van der Waals surface area contributed by atoms with Crippen LogP contribution in [0.4, 0.5) is 0 Å². The highest BCUT2D eigenvalue weighted by Gasteiger charge is 2.30. The van der Waals surface area contributed by atoms with Crippen LogP contribution in [0.15, 0.2) is 23.1 Å². The van der Waals surface area contributed by atoms with Crippen molar-refractivity contribution in [2.45, 2.75) is 30.4 Å². The molecule has 0 aromatic heterocycles. The fourth-order valence-electron chi connectivity index (χ4n) is 2.38. The van der Waals surface area contributed by atoms with E-state index >= 15 is 0 Å². The van der Waals surface area contributed by atoms with Gasteiger partial charge in [0.05, 0.1) is 4.90 Å². The number of hydrogen-bond acceptors (Lipinski definition) is 4. The SMILES string of the molecule is CCC1CN(S(=O)(=O)c2ccc(C(N)=S)c(C)c2)CCS1. The molecule has 0 aliphatic carbocycles. The molecule has 1 aliphatic heterocycles. The zero-order valence-electron chi connectivity index (χ0n) is 12.2. The van der Waals surface area contributed by atoms with Crippen molar-refractivity contribution in [2.24, 2.45) is 5.73 Å². The zero-order chi connectivity index (χ0) is 15.6. The van der Waals surface area contributed by atoms with E-state index in [1.807, 2.05) is 18.7 Å². The predicted octanol–water partition coefficient (Wildman–Crippen LogP) is 2.15. The van der Waals surface area contributed by atoms with Crippen LogP contribution in [0.3, 0.4) is 0 Å². The standard InChI is InChI=1S/C14H20N2O2S3/c1-3-11-9-16(6-7-20-11)21(17,18)12-4-5-13(14(15)19)10(2)8-12/h4-5,8,11H,3,6-7,9H2,1-2H3,(H2,15,19). The third-order valence-electron chi connectivity index (χ3n) is 3.66. The summed E-state index contributed by atoms with van der Waals surface area (Å²) in [6.45, 7) is 5.07. The van der Waals surface area contributed by atoms with Gasteiger partial charge in [0.15, 0.2) is 0 Å². The topological polar surface area (TPSA) is 63.4 Å². The molecule has 4 nitrogen and oxygen atoms in total. The Bertz CT molecular complexity index is 644. The summed E-state index contributed by atoms with van der Waals surface area (Å²) in [6.07, 6.45) is 0.982. The Balaban J connectivity index is 2.31. The lowest BCUT2D eigenvalue weighted by atomic mass is 10.1. The van der Waals surface area contributed by atoms with Crippen LogP contribution in [0.1, 0.15) is 24.5 Å². The lowest BCUT2D eigenvalue weighted by molar-refractivity contribution is 0.416. The van der Waals surface area contributed by atoms with E-state index in [1.54, 1.807) is 22.5 Å². The second kappa shape index (κ2) is 6.64. The Labute approximate surface area is 136 Å². The second-order valence-corrected chi connectivity index (χ2v) is 8.89. The van der Waals surface area contributed by atoms with Crippen molar-refractivity contribution in [3.8, 4) is 0 Å². The molecule has 1 fully saturated rings. The molecule has 7 heteroatoms. The maximum absolute atomic E-state index is 12.7. The first-order valence-corrected chi connectivity index (χ1v) is 9.78. The summed E-state index contributed by atoms with van der Waals surface area (Å²) in [5, 5.41) is 0.380. The average Bonchev–Trinajstić information content (AvgIpc) is 2.46. The number of thioether (sulfide) groups is 1. The number of benzene rings is 1. The number of nitrogens with zero attached hydrogens (tertiary/aromatic N) is 1. The van der Waals surface area contributed by atoms with E-state index in [0.717, 1.165) is 23.3 Å². The number of hydrogen-bond donors (Lipinski definition) is 1. The molecular formula is C14H20N2O2S3. The lowest BCUT2D eigenvalue weighted by Crippen LogP contribution is -2.41. The quantitative estimate of drug-likeness (QED) is 0.848. The number of nitrogens with two attached hydrogens (primary N) is 1. The van der Waals surface area contributed by atoms with Crippen LogP contribution in [0.2, 0.25) is 0 Å². The average molecular weight is 345 g/mol. The van der Waals surface area contributed by atoms with Crippen LogP contribution in [0.25, 0.3) is 0 Å². The van der Waals surface area contributed by atoms with E-state index in [1.165, 1.54) is 0 Å². The summed E-state index contributed by atoms with van der Waals surface area (Å²) < 4.78 is 27.1. The third-order valence-corrected chi connectivity index (χ3v) is 7.11. The van der Waals surface area contributed by atoms with E-state index < -0.39 is 10.0 Å². The summed E-state index contributed by atoms with van der Waals surface area (Å²) in [5.41, 5.74) is 7.14. The lowest BCUT2D eigenvalue weighted by Gasteiger charge is -2.31. The van der Waals surface area contributed by atoms with Crippen LogP contribution >= 0.6 is 24.0 Å². The molecule has 0 radical (unpaired) electrons. The maximum atomic E-state index is 12.7. The smallest absolute Gasteiger partial charge is 0.243 e. The number of thiocarbonyl (C=S) groups is 1. The Morgan fingerprint density at radius 2 is 2.24 bits per heavy atom. The predicted molar refractivity (Wildman–Crippen MR) is 92.4 cm³/mol. The zero-order valence-corrected chi connectivity index (χ0v) is 14.7. The minimum Gasteiger partial charge on any atom is -0.389 e. The highest BCUT2D eigenvalue weighted by atomic mass is 32.2. The van der Waals surface area contributed by atoms with Crippen molar-refractivity contribution in [1.29, 1.82) is 0 Å². The Morgan fingerprint density at radius 3 is 2.81 bits per heavy atom. The van der Waals surface area contributed by atoms with Gasteiger partial charge in [-0.05, 0) is 31.0 Å². The van der Waals surface area contributed by atoms with Gasteiger partial charge in [-0.15, -0.1) is 0 Å². The van der Waals surface area contributed by atoms with Gasteiger partial charge in [0.25, 0.3) is 0 Å². The molecule has 0 saturated carbocycles. The molecule has 2 N–H and O–H groups in total. The third kappa shape index (κ3) is 3.59. The van der Waals surface area contributed by atoms with Gasteiger partial charge in [0, 0.05) is 29.7 Å². The van der Waals surface area contributed by atoms with E-state index in [9.17, 15) is 8.42 Å². The van der Waals surface area contributed by atoms with Gasteiger partial charge in [-0.25, -0.2) is 8.42 Å². The molecule has 1 aliphatic rings. The largest absolute Gasteiger partial charge is 0.389 e. The van der Waals surface area contributed by atoms with Crippen molar-refractivity contribution in [1.82, 2.24) is 4.31 Å². The maximum Gasteiger partial charge on any atom is 0.243 e. The molecule has 21 heavy (non-hydrogen) atoms. The molecule has 1 aromatic rings. The Kier molecular flexibility index (Phi) is 5.29. The van der Waals surface area contributed by atoms with Gasteiger partial charge in [0.1, 0.15) is 4.99 Å². The first-order valence-electron chi connectivity index (χ1n) is 6.88. The molecule has 1 atom stereocenters.